The predicted molar refractivity (Wildman–Crippen MR) is 50.0 cm³/mol. The van der Waals surface area contributed by atoms with E-state index in [9.17, 15) is 0 Å². The first-order valence-corrected chi connectivity index (χ1v) is 4.30. The SMILES string of the molecule is CCn1cnc(=N)c2[nH]c(OC)nc21. The number of rotatable bonds is 2. The molecule has 6 heteroatoms. The summed E-state index contributed by atoms with van der Waals surface area (Å²) in [5, 5.41) is 7.57. The Morgan fingerprint density at radius 3 is 3.07 bits per heavy atom. The average molecular weight is 193 g/mol. The lowest BCUT2D eigenvalue weighted by atomic mass is 10.5. The highest BCUT2D eigenvalue weighted by atomic mass is 16.5. The van der Waals surface area contributed by atoms with E-state index in [1.807, 2.05) is 11.5 Å². The van der Waals surface area contributed by atoms with E-state index >= 15 is 0 Å². The van der Waals surface area contributed by atoms with Crippen LogP contribution in [-0.4, -0.2) is 26.6 Å². The lowest BCUT2D eigenvalue weighted by Gasteiger charge is -2.00. The highest BCUT2D eigenvalue weighted by molar-refractivity contribution is 5.69. The number of aryl methyl sites for hydroxylation is 1. The van der Waals surface area contributed by atoms with Crippen molar-refractivity contribution >= 4 is 11.2 Å². The number of aromatic nitrogens is 4. The second-order valence-electron chi connectivity index (χ2n) is 2.82. The van der Waals surface area contributed by atoms with Gasteiger partial charge in [0, 0.05) is 6.54 Å². The third-order valence-electron chi connectivity index (χ3n) is 2.03. The molecule has 2 rings (SSSR count). The maximum absolute atomic E-state index is 7.57. The molecule has 0 aromatic carbocycles. The number of aromatic amines is 1. The third kappa shape index (κ3) is 1.15. The number of hydrogen-bond donors (Lipinski definition) is 2. The van der Waals surface area contributed by atoms with Crippen LogP contribution in [0, 0.1) is 5.41 Å². The average Bonchev–Trinajstić information content (AvgIpc) is 2.63. The molecule has 74 valence electrons. The highest BCUT2D eigenvalue weighted by Gasteiger charge is 2.07. The highest BCUT2D eigenvalue weighted by Crippen LogP contribution is 2.10. The Kier molecular flexibility index (Phi) is 1.95. The fraction of sp³-hybridized carbons (Fsp3) is 0.375. The van der Waals surface area contributed by atoms with Crippen LogP contribution in [0.2, 0.25) is 0 Å². The largest absolute Gasteiger partial charge is 0.468 e. The minimum Gasteiger partial charge on any atom is -0.468 e. The van der Waals surface area contributed by atoms with Gasteiger partial charge in [-0.15, -0.1) is 0 Å². The maximum atomic E-state index is 7.57. The number of nitrogens with one attached hydrogen (secondary N) is 2. The van der Waals surface area contributed by atoms with Crippen LogP contribution in [0.1, 0.15) is 6.92 Å². The van der Waals surface area contributed by atoms with Gasteiger partial charge in [0.15, 0.2) is 11.1 Å². The van der Waals surface area contributed by atoms with Gasteiger partial charge in [-0.05, 0) is 6.92 Å². The summed E-state index contributed by atoms with van der Waals surface area (Å²) in [6.07, 6.45) is 1.60. The van der Waals surface area contributed by atoms with E-state index in [1.165, 1.54) is 7.11 Å². The zero-order valence-electron chi connectivity index (χ0n) is 8.03. The monoisotopic (exact) mass is 193 g/mol. The van der Waals surface area contributed by atoms with Crippen LogP contribution in [0.3, 0.4) is 0 Å². The lowest BCUT2D eigenvalue weighted by molar-refractivity contribution is 0.385. The molecule has 6 nitrogen and oxygen atoms in total. The van der Waals surface area contributed by atoms with Gasteiger partial charge >= 0.3 is 0 Å². The van der Waals surface area contributed by atoms with Crippen molar-refractivity contribution in [3.8, 4) is 6.01 Å². The van der Waals surface area contributed by atoms with Crippen LogP contribution >= 0.6 is 0 Å². The maximum Gasteiger partial charge on any atom is 0.295 e. The van der Waals surface area contributed by atoms with Gasteiger partial charge in [-0.25, -0.2) is 4.98 Å². The number of hydrogen-bond acceptors (Lipinski definition) is 4. The molecule has 0 unspecified atom stereocenters. The van der Waals surface area contributed by atoms with Crippen molar-refractivity contribution in [2.45, 2.75) is 13.5 Å². The fourth-order valence-electron chi connectivity index (χ4n) is 1.29. The third-order valence-corrected chi connectivity index (χ3v) is 2.03. The van der Waals surface area contributed by atoms with Crippen molar-refractivity contribution in [3.63, 3.8) is 0 Å². The van der Waals surface area contributed by atoms with Crippen molar-refractivity contribution in [3.05, 3.63) is 11.8 Å². The van der Waals surface area contributed by atoms with E-state index in [4.69, 9.17) is 10.1 Å². The van der Waals surface area contributed by atoms with Crippen molar-refractivity contribution in [2.24, 2.45) is 0 Å². The minimum atomic E-state index is 0.181. The molecule has 0 saturated carbocycles. The Balaban J connectivity index is 2.81. The molecular formula is C8H11N5O. The normalized spacial score (nSPS) is 10.7. The van der Waals surface area contributed by atoms with Crippen molar-refractivity contribution in [2.75, 3.05) is 7.11 Å². The molecular weight excluding hydrogens is 182 g/mol. The predicted octanol–water partition coefficient (Wildman–Crippen LogP) is 0.267. The summed E-state index contributed by atoms with van der Waals surface area (Å²) in [5.41, 5.74) is 1.48. The Labute approximate surface area is 80.1 Å². The molecule has 0 saturated heterocycles. The first-order valence-electron chi connectivity index (χ1n) is 4.30. The van der Waals surface area contributed by atoms with E-state index < -0.39 is 0 Å². The Morgan fingerprint density at radius 1 is 1.64 bits per heavy atom. The second-order valence-corrected chi connectivity index (χ2v) is 2.82. The smallest absolute Gasteiger partial charge is 0.295 e. The van der Waals surface area contributed by atoms with Crippen LogP contribution in [0.15, 0.2) is 6.33 Å². The zero-order valence-corrected chi connectivity index (χ0v) is 8.03. The van der Waals surface area contributed by atoms with Crippen LogP contribution in [-0.2, 0) is 6.54 Å². The molecule has 0 aliphatic carbocycles. The van der Waals surface area contributed by atoms with Gasteiger partial charge < -0.3 is 14.3 Å². The van der Waals surface area contributed by atoms with Crippen LogP contribution in [0.4, 0.5) is 0 Å². The molecule has 0 spiro atoms. The Bertz CT molecular complexity index is 512. The van der Waals surface area contributed by atoms with E-state index in [-0.39, 0.29) is 5.49 Å². The summed E-state index contributed by atoms with van der Waals surface area (Å²) >= 11 is 0. The van der Waals surface area contributed by atoms with Crippen LogP contribution < -0.4 is 10.2 Å². The number of H-pyrrole nitrogens is 1. The van der Waals surface area contributed by atoms with Gasteiger partial charge in [-0.2, -0.15) is 4.98 Å². The molecule has 2 N–H and O–H groups in total. The molecule has 0 atom stereocenters. The fourth-order valence-corrected chi connectivity index (χ4v) is 1.29. The molecule has 2 heterocycles. The van der Waals surface area contributed by atoms with Gasteiger partial charge in [-0.3, -0.25) is 5.41 Å². The second kappa shape index (κ2) is 3.13. The summed E-state index contributed by atoms with van der Waals surface area (Å²) in [6.45, 7) is 2.75. The van der Waals surface area contributed by atoms with Gasteiger partial charge in [0.25, 0.3) is 6.01 Å². The molecule has 0 aliphatic heterocycles. The van der Waals surface area contributed by atoms with E-state index in [1.54, 1.807) is 6.33 Å². The molecule has 0 fully saturated rings. The molecule has 0 radical (unpaired) electrons. The standard InChI is InChI=1S/C8H11N5O/c1-3-13-4-10-6(9)5-7(13)12-8(11-5)14-2/h4,9H,3H2,1-2H3,(H,11,12). The molecule has 2 aromatic rings. The first kappa shape index (κ1) is 8.74. The number of nitrogens with zero attached hydrogens (tertiary/aromatic N) is 3. The van der Waals surface area contributed by atoms with E-state index in [2.05, 4.69) is 15.0 Å². The summed E-state index contributed by atoms with van der Waals surface area (Å²) in [4.78, 5) is 11.0. The Morgan fingerprint density at radius 2 is 2.43 bits per heavy atom. The summed E-state index contributed by atoms with van der Waals surface area (Å²) < 4.78 is 6.82. The Hall–Kier alpha value is -1.85. The first-order chi connectivity index (χ1) is 6.76. The van der Waals surface area contributed by atoms with Gasteiger partial charge in [-0.1, -0.05) is 0 Å². The van der Waals surface area contributed by atoms with Crippen molar-refractivity contribution < 1.29 is 4.74 Å². The molecule has 14 heavy (non-hydrogen) atoms. The zero-order chi connectivity index (χ0) is 10.1. The van der Waals surface area contributed by atoms with Crippen LogP contribution in [0.25, 0.3) is 11.2 Å². The number of fused-ring (bicyclic) bond motifs is 1. The summed E-state index contributed by atoms with van der Waals surface area (Å²) in [5.74, 6) is 0. The number of ether oxygens (including phenoxy) is 1. The van der Waals surface area contributed by atoms with Crippen LogP contribution in [0.5, 0.6) is 6.01 Å². The van der Waals surface area contributed by atoms with E-state index in [0.29, 0.717) is 17.2 Å². The van der Waals surface area contributed by atoms with Gasteiger partial charge in [0.1, 0.15) is 5.52 Å². The lowest BCUT2D eigenvalue weighted by Crippen LogP contribution is -2.11. The van der Waals surface area contributed by atoms with Gasteiger partial charge in [0.2, 0.25) is 0 Å². The van der Waals surface area contributed by atoms with Gasteiger partial charge in [0.05, 0.1) is 13.4 Å². The minimum absolute atomic E-state index is 0.181. The molecule has 0 aliphatic rings. The van der Waals surface area contributed by atoms with E-state index in [0.717, 1.165) is 6.54 Å². The number of methoxy groups -OCH3 is 1. The summed E-state index contributed by atoms with van der Waals surface area (Å²) in [6, 6.07) is 0.406. The molecule has 2 aromatic heterocycles. The quantitative estimate of drug-likeness (QED) is 0.718. The topological polar surface area (TPSA) is 79.6 Å². The van der Waals surface area contributed by atoms with Crippen molar-refractivity contribution in [1.82, 2.24) is 19.5 Å². The summed E-state index contributed by atoms with van der Waals surface area (Å²) in [7, 11) is 1.53. The van der Waals surface area contributed by atoms with Crippen molar-refractivity contribution in [1.29, 1.82) is 5.41 Å². The number of imidazole rings is 1. The molecule has 0 bridgehead atoms. The molecule has 0 amide bonds.